The fraction of sp³-hybridized carbons (Fsp3) is 0.769. The Labute approximate surface area is 114 Å². The molecular weight excluding hydrogens is 244 g/mol. The van der Waals surface area contributed by atoms with E-state index in [0.29, 0.717) is 19.0 Å². The summed E-state index contributed by atoms with van der Waals surface area (Å²) in [6, 6.07) is -0.000846. The zero-order valence-corrected chi connectivity index (χ0v) is 12.6. The molecule has 6 nitrogen and oxygen atoms in total. The molecule has 0 aliphatic rings. The number of ether oxygens (including phenoxy) is 1. The van der Waals surface area contributed by atoms with Crippen molar-refractivity contribution in [3.05, 3.63) is 11.6 Å². The molecule has 1 unspecified atom stereocenters. The summed E-state index contributed by atoms with van der Waals surface area (Å²) in [5.74, 6) is 0.764. The van der Waals surface area contributed by atoms with Crippen LogP contribution in [0.25, 0.3) is 0 Å². The molecule has 0 saturated heterocycles. The standard InChI is InChI=1S/C13H24N4O2/c1-7-17(9(2)8-19-6)11(18)10-14-12(16-15-10)13(3,4)5/h9H,7-8H2,1-6H3,(H,14,15,16). The van der Waals surface area contributed by atoms with Gasteiger partial charge in [-0.15, -0.1) is 5.10 Å². The van der Waals surface area contributed by atoms with Crippen molar-refractivity contribution in [3.8, 4) is 0 Å². The topological polar surface area (TPSA) is 71.1 Å². The normalized spacial score (nSPS) is 13.4. The number of amides is 1. The van der Waals surface area contributed by atoms with E-state index in [1.807, 2.05) is 34.6 Å². The molecule has 1 aromatic rings. The molecule has 108 valence electrons. The van der Waals surface area contributed by atoms with E-state index in [4.69, 9.17) is 4.74 Å². The summed E-state index contributed by atoms with van der Waals surface area (Å²) in [4.78, 5) is 18.4. The van der Waals surface area contributed by atoms with Gasteiger partial charge in [-0.3, -0.25) is 9.89 Å². The highest BCUT2D eigenvalue weighted by molar-refractivity contribution is 5.90. The molecule has 1 N–H and O–H groups in total. The fourth-order valence-corrected chi connectivity index (χ4v) is 1.81. The molecule has 0 saturated carbocycles. The van der Waals surface area contributed by atoms with Gasteiger partial charge in [-0.05, 0) is 13.8 Å². The third-order valence-electron chi connectivity index (χ3n) is 2.93. The summed E-state index contributed by atoms with van der Waals surface area (Å²) in [5.41, 5.74) is -0.152. The highest BCUT2D eigenvalue weighted by Gasteiger charge is 2.26. The van der Waals surface area contributed by atoms with Crippen molar-refractivity contribution in [2.24, 2.45) is 0 Å². The Kier molecular flexibility index (Phi) is 5.05. The van der Waals surface area contributed by atoms with E-state index in [9.17, 15) is 4.79 Å². The molecule has 1 atom stereocenters. The first-order valence-electron chi connectivity index (χ1n) is 6.54. The van der Waals surface area contributed by atoms with E-state index >= 15 is 0 Å². The SMILES string of the molecule is CCN(C(=O)c1n[nH]c(C(C)(C)C)n1)C(C)COC. The number of hydrogen-bond acceptors (Lipinski definition) is 4. The zero-order valence-electron chi connectivity index (χ0n) is 12.6. The Balaban J connectivity index is 2.89. The Hall–Kier alpha value is -1.43. The van der Waals surface area contributed by atoms with Crippen molar-refractivity contribution in [2.45, 2.75) is 46.1 Å². The van der Waals surface area contributed by atoms with Crippen LogP contribution in [0.3, 0.4) is 0 Å². The lowest BCUT2D eigenvalue weighted by molar-refractivity contribution is 0.0568. The number of nitrogens with one attached hydrogen (secondary N) is 1. The summed E-state index contributed by atoms with van der Waals surface area (Å²) in [7, 11) is 1.62. The van der Waals surface area contributed by atoms with Crippen molar-refractivity contribution >= 4 is 5.91 Å². The summed E-state index contributed by atoms with van der Waals surface area (Å²) in [5, 5.41) is 6.86. The van der Waals surface area contributed by atoms with E-state index in [2.05, 4.69) is 15.2 Å². The number of methoxy groups -OCH3 is 1. The molecule has 1 heterocycles. The molecule has 1 rings (SSSR count). The summed E-state index contributed by atoms with van der Waals surface area (Å²) in [6.07, 6.45) is 0. The first-order chi connectivity index (χ1) is 8.81. The van der Waals surface area contributed by atoms with E-state index in [1.165, 1.54) is 0 Å². The van der Waals surface area contributed by atoms with Gasteiger partial charge >= 0.3 is 0 Å². The second-order valence-corrected chi connectivity index (χ2v) is 5.65. The number of carbonyl (C=O) groups excluding carboxylic acids is 1. The van der Waals surface area contributed by atoms with Crippen LogP contribution in [0.5, 0.6) is 0 Å². The number of rotatable bonds is 5. The maximum Gasteiger partial charge on any atom is 0.293 e. The number of likely N-dealkylation sites (N-methyl/N-ethyl adjacent to an activating group) is 1. The number of aromatic amines is 1. The zero-order chi connectivity index (χ0) is 14.6. The largest absolute Gasteiger partial charge is 0.383 e. The second-order valence-electron chi connectivity index (χ2n) is 5.65. The lowest BCUT2D eigenvalue weighted by atomic mass is 9.96. The van der Waals surface area contributed by atoms with Gasteiger partial charge in [0.15, 0.2) is 0 Å². The van der Waals surface area contributed by atoms with Crippen molar-refractivity contribution in [2.75, 3.05) is 20.3 Å². The van der Waals surface area contributed by atoms with Crippen LogP contribution < -0.4 is 0 Å². The van der Waals surface area contributed by atoms with Crippen LogP contribution >= 0.6 is 0 Å². The van der Waals surface area contributed by atoms with E-state index in [1.54, 1.807) is 12.0 Å². The van der Waals surface area contributed by atoms with E-state index in [-0.39, 0.29) is 23.2 Å². The first kappa shape index (κ1) is 15.6. The van der Waals surface area contributed by atoms with Crippen LogP contribution in [0.2, 0.25) is 0 Å². The predicted molar refractivity (Wildman–Crippen MR) is 73.1 cm³/mol. The van der Waals surface area contributed by atoms with Gasteiger partial charge < -0.3 is 9.64 Å². The van der Waals surface area contributed by atoms with Gasteiger partial charge in [0.2, 0.25) is 5.82 Å². The van der Waals surface area contributed by atoms with Crippen LogP contribution in [0, 0.1) is 0 Å². The molecule has 0 aliphatic carbocycles. The van der Waals surface area contributed by atoms with Crippen molar-refractivity contribution in [3.63, 3.8) is 0 Å². The third kappa shape index (κ3) is 3.76. The van der Waals surface area contributed by atoms with E-state index < -0.39 is 0 Å². The highest BCUT2D eigenvalue weighted by Crippen LogP contribution is 2.18. The fourth-order valence-electron chi connectivity index (χ4n) is 1.81. The molecule has 19 heavy (non-hydrogen) atoms. The molecule has 6 heteroatoms. The van der Waals surface area contributed by atoms with Crippen LogP contribution in [-0.2, 0) is 10.2 Å². The summed E-state index contributed by atoms with van der Waals surface area (Å²) >= 11 is 0. The minimum atomic E-state index is -0.168. The monoisotopic (exact) mass is 268 g/mol. The minimum absolute atomic E-state index is 0.000846. The number of hydrogen-bond donors (Lipinski definition) is 1. The number of carbonyl (C=O) groups is 1. The molecule has 0 aromatic carbocycles. The minimum Gasteiger partial charge on any atom is -0.383 e. The molecule has 0 spiro atoms. The Morgan fingerprint density at radius 3 is 2.53 bits per heavy atom. The number of aromatic nitrogens is 3. The third-order valence-corrected chi connectivity index (χ3v) is 2.93. The van der Waals surface area contributed by atoms with Crippen LogP contribution in [-0.4, -0.2) is 52.3 Å². The predicted octanol–water partition coefficient (Wildman–Crippen LogP) is 1.60. The summed E-state index contributed by atoms with van der Waals surface area (Å²) < 4.78 is 5.09. The first-order valence-corrected chi connectivity index (χ1v) is 6.54. The van der Waals surface area contributed by atoms with Gasteiger partial charge in [0.25, 0.3) is 5.91 Å². The Bertz CT molecular complexity index is 423. The quantitative estimate of drug-likeness (QED) is 0.880. The lowest BCUT2D eigenvalue weighted by Crippen LogP contribution is -2.41. The molecule has 0 aliphatic heterocycles. The lowest BCUT2D eigenvalue weighted by Gasteiger charge is -2.26. The average molecular weight is 268 g/mol. The van der Waals surface area contributed by atoms with Gasteiger partial charge in [0.05, 0.1) is 12.6 Å². The van der Waals surface area contributed by atoms with Gasteiger partial charge in [-0.1, -0.05) is 20.8 Å². The maximum atomic E-state index is 12.4. The molecule has 1 amide bonds. The van der Waals surface area contributed by atoms with Crippen LogP contribution in [0.15, 0.2) is 0 Å². The average Bonchev–Trinajstić information content (AvgIpc) is 2.78. The van der Waals surface area contributed by atoms with Crippen LogP contribution in [0.1, 0.15) is 51.1 Å². The number of nitrogens with zero attached hydrogens (tertiary/aromatic N) is 3. The van der Waals surface area contributed by atoms with Crippen LogP contribution in [0.4, 0.5) is 0 Å². The molecule has 0 bridgehead atoms. The van der Waals surface area contributed by atoms with Crippen molar-refractivity contribution in [1.82, 2.24) is 20.1 Å². The molecule has 0 fully saturated rings. The number of H-pyrrole nitrogens is 1. The molecule has 1 aromatic heterocycles. The summed E-state index contributed by atoms with van der Waals surface area (Å²) in [6.45, 7) is 11.0. The van der Waals surface area contributed by atoms with Crippen molar-refractivity contribution < 1.29 is 9.53 Å². The Morgan fingerprint density at radius 1 is 1.47 bits per heavy atom. The molecular formula is C13H24N4O2. The van der Waals surface area contributed by atoms with Gasteiger partial charge in [0.1, 0.15) is 5.82 Å². The maximum absolute atomic E-state index is 12.4. The van der Waals surface area contributed by atoms with Crippen molar-refractivity contribution in [1.29, 1.82) is 0 Å². The van der Waals surface area contributed by atoms with Gasteiger partial charge in [-0.25, -0.2) is 4.98 Å². The van der Waals surface area contributed by atoms with E-state index in [0.717, 1.165) is 0 Å². The van der Waals surface area contributed by atoms with Gasteiger partial charge in [0, 0.05) is 19.1 Å². The molecule has 0 radical (unpaired) electrons. The second kappa shape index (κ2) is 6.14. The smallest absolute Gasteiger partial charge is 0.293 e. The highest BCUT2D eigenvalue weighted by atomic mass is 16.5. The van der Waals surface area contributed by atoms with Gasteiger partial charge in [-0.2, -0.15) is 0 Å². The Morgan fingerprint density at radius 2 is 2.11 bits per heavy atom.